The van der Waals surface area contributed by atoms with Crippen molar-refractivity contribution in [2.45, 2.75) is 134 Å². The highest BCUT2D eigenvalue weighted by Gasteiger charge is 2.32. The van der Waals surface area contributed by atoms with Crippen molar-refractivity contribution < 1.29 is 53.7 Å². The molecule has 1 aliphatic heterocycles. The zero-order valence-corrected chi connectivity index (χ0v) is 38.3. The normalized spacial score (nSPS) is 15.8. The highest BCUT2D eigenvalue weighted by Crippen LogP contribution is 2.33. The third-order valence-corrected chi connectivity index (χ3v) is 11.5. The molecule has 8 N–H and O–H groups in total. The van der Waals surface area contributed by atoms with Crippen LogP contribution in [0.25, 0.3) is 11.1 Å². The summed E-state index contributed by atoms with van der Waals surface area (Å²) in [4.78, 5) is 106. The minimum absolute atomic E-state index is 0.0849. The lowest BCUT2D eigenvalue weighted by Crippen LogP contribution is -2.54. The number of benzene rings is 2. The molecule has 3 rings (SSSR count). The topological polar surface area (TPSA) is 264 Å². The predicted octanol–water partition coefficient (Wildman–Crippen LogP) is 2.84. The lowest BCUT2D eigenvalue weighted by atomic mass is 9.94. The average molecular weight is 908 g/mol. The first-order valence-corrected chi connectivity index (χ1v) is 22.8. The number of aliphatic hydroxyl groups excluding tert-OH is 1. The number of carboxylic acids is 1. The molecule has 4 bridgehead atoms. The van der Waals surface area contributed by atoms with Crippen LogP contribution < -0.4 is 26.6 Å². The van der Waals surface area contributed by atoms with Crippen LogP contribution in [0.4, 0.5) is 0 Å². The molecular weight excluding hydrogens is 839 g/mol. The summed E-state index contributed by atoms with van der Waals surface area (Å²) >= 11 is 0. The number of unbranched alkanes of at least 4 members (excludes halogenated alkanes) is 12. The second-order valence-corrected chi connectivity index (χ2v) is 16.7. The van der Waals surface area contributed by atoms with Gasteiger partial charge in [0.15, 0.2) is 0 Å². The Kier molecular flexibility index (Phi) is 23.0. The van der Waals surface area contributed by atoms with E-state index in [-0.39, 0.29) is 24.5 Å². The fourth-order valence-corrected chi connectivity index (χ4v) is 7.51. The number of carbonyl (C=O) groups is 8. The number of nitrogens with zero attached hydrogens (tertiary/aromatic N) is 2. The third-order valence-electron chi connectivity index (χ3n) is 11.5. The summed E-state index contributed by atoms with van der Waals surface area (Å²) in [5.74, 6) is -6.38. The number of phenols is 1. The van der Waals surface area contributed by atoms with E-state index in [0.29, 0.717) is 28.7 Å². The summed E-state index contributed by atoms with van der Waals surface area (Å²) in [7, 11) is 2.74. The lowest BCUT2D eigenvalue weighted by molar-refractivity contribution is -0.141. The first kappa shape index (κ1) is 53.3. The van der Waals surface area contributed by atoms with Gasteiger partial charge in [-0.15, -0.1) is 0 Å². The summed E-state index contributed by atoms with van der Waals surface area (Å²) in [6.07, 6.45) is 15.3. The Morgan fingerprint density at radius 1 is 0.815 bits per heavy atom. The molecule has 0 spiro atoms. The number of hydrogen-bond donors (Lipinski definition) is 8. The molecule has 2 aromatic rings. The van der Waals surface area contributed by atoms with Gasteiger partial charge in [-0.2, -0.15) is 0 Å². The van der Waals surface area contributed by atoms with E-state index in [1.165, 1.54) is 84.9 Å². The number of likely N-dealkylation sites (N-methyl/N-ethyl adjacent to an activating group) is 2. The van der Waals surface area contributed by atoms with Crippen molar-refractivity contribution >= 4 is 47.3 Å². The minimum Gasteiger partial charge on any atom is -0.507 e. The van der Waals surface area contributed by atoms with Crippen LogP contribution in [0, 0.1) is 0 Å². The number of hydrogen-bond acceptors (Lipinski definition) is 10. The van der Waals surface area contributed by atoms with Gasteiger partial charge in [-0.05, 0) is 48.2 Å². The standard InChI is InChI=1S/C47H69N7O11/c1-5-6-7-8-9-10-11-12-13-14-15-16-17-21-41(59)53(3)37(30-55)45(62)49-27-39(57)48-29-42(60)54(4)43-34-20-18-19-33(26-34)35-24-32(22-23-38(35)56)25-36(44(61)51-31(2)47(64)65)52-40(58)28-50-46(43)63/h18-20,22-24,26,31,36-37,43,55-56H,5-17,21,25,27-30H2,1-4H3,(H,48,57)(H,49,62)(H,50,63)(H,51,61)(H,52,58)(H,64,65). The van der Waals surface area contributed by atoms with E-state index in [1.54, 1.807) is 36.4 Å². The quantitative estimate of drug-likeness (QED) is 0.0672. The zero-order chi connectivity index (χ0) is 47.9. The van der Waals surface area contributed by atoms with Crippen molar-refractivity contribution in [3.05, 3.63) is 53.6 Å². The molecule has 1 aliphatic rings. The Hall–Kier alpha value is -6.04. The maximum absolute atomic E-state index is 13.8. The van der Waals surface area contributed by atoms with Crippen LogP contribution in [0.1, 0.15) is 121 Å². The molecule has 0 aromatic heterocycles. The monoisotopic (exact) mass is 908 g/mol. The van der Waals surface area contributed by atoms with E-state index in [1.807, 2.05) is 0 Å². The SMILES string of the molecule is CCCCCCCCCCCCCCCC(=O)N(C)C(CO)C(=O)NCC(=O)NCC(=O)N(C)C1C(=O)NCC(=O)NC(C(=O)NC(C)C(=O)O)Cc2ccc(O)c(c2)-c2cccc1c2. The van der Waals surface area contributed by atoms with Gasteiger partial charge in [0.1, 0.15) is 29.9 Å². The number of aromatic hydroxyl groups is 1. The second-order valence-electron chi connectivity index (χ2n) is 16.7. The van der Waals surface area contributed by atoms with E-state index in [9.17, 15) is 53.7 Å². The number of rotatable bonds is 25. The molecule has 7 amide bonds. The molecule has 0 saturated heterocycles. The van der Waals surface area contributed by atoms with Crippen molar-refractivity contribution in [3.8, 4) is 16.9 Å². The van der Waals surface area contributed by atoms with Crippen LogP contribution in [0.3, 0.4) is 0 Å². The first-order valence-electron chi connectivity index (χ1n) is 22.8. The second kappa shape index (κ2) is 28.0. The number of phenolic OH excluding ortho intramolecular Hbond substituents is 1. The lowest BCUT2D eigenvalue weighted by Gasteiger charge is -2.29. The van der Waals surface area contributed by atoms with Crippen LogP contribution >= 0.6 is 0 Å². The predicted molar refractivity (Wildman–Crippen MR) is 243 cm³/mol. The smallest absolute Gasteiger partial charge is 0.325 e. The number of nitrogens with one attached hydrogen (secondary N) is 5. The molecular formula is C47H69N7O11. The summed E-state index contributed by atoms with van der Waals surface area (Å²) < 4.78 is 0. The summed E-state index contributed by atoms with van der Waals surface area (Å²) in [5, 5.41) is 42.2. The van der Waals surface area contributed by atoms with E-state index in [4.69, 9.17) is 0 Å². The molecule has 0 aliphatic carbocycles. The summed E-state index contributed by atoms with van der Waals surface area (Å²) in [6.45, 7) is 1.00. The first-order chi connectivity index (χ1) is 31.1. The summed E-state index contributed by atoms with van der Waals surface area (Å²) in [5.41, 5.74) is 1.55. The minimum atomic E-state index is -1.37. The van der Waals surface area contributed by atoms with Gasteiger partial charge in [-0.25, -0.2) is 0 Å². The maximum atomic E-state index is 13.8. The van der Waals surface area contributed by atoms with Gasteiger partial charge in [0, 0.05) is 32.5 Å². The van der Waals surface area contributed by atoms with E-state index in [2.05, 4.69) is 33.5 Å². The Morgan fingerprint density at radius 3 is 2.06 bits per heavy atom. The van der Waals surface area contributed by atoms with Crippen LogP contribution in [-0.4, -0.2) is 131 Å². The van der Waals surface area contributed by atoms with Crippen LogP contribution in [0.15, 0.2) is 42.5 Å². The molecule has 4 unspecified atom stereocenters. The fourth-order valence-electron chi connectivity index (χ4n) is 7.51. The highest BCUT2D eigenvalue weighted by atomic mass is 16.4. The third kappa shape index (κ3) is 17.8. The van der Waals surface area contributed by atoms with Crippen LogP contribution in [0.2, 0.25) is 0 Å². The Labute approximate surface area is 381 Å². The van der Waals surface area contributed by atoms with Crippen molar-refractivity contribution in [3.63, 3.8) is 0 Å². The van der Waals surface area contributed by atoms with Gasteiger partial charge in [0.2, 0.25) is 41.4 Å². The largest absolute Gasteiger partial charge is 0.507 e. The molecule has 358 valence electrons. The van der Waals surface area contributed by atoms with Crippen molar-refractivity contribution in [2.75, 3.05) is 40.3 Å². The molecule has 2 aromatic carbocycles. The van der Waals surface area contributed by atoms with Crippen LogP contribution in [0.5, 0.6) is 5.75 Å². The molecule has 0 fully saturated rings. The molecule has 0 radical (unpaired) electrons. The van der Waals surface area contributed by atoms with Crippen molar-refractivity contribution in [1.29, 1.82) is 0 Å². The number of aliphatic hydroxyl groups is 1. The Balaban J connectivity index is 1.56. The van der Waals surface area contributed by atoms with Gasteiger partial charge < -0.3 is 51.7 Å². The van der Waals surface area contributed by atoms with E-state index < -0.39 is 91.8 Å². The Morgan fingerprint density at radius 2 is 1.45 bits per heavy atom. The van der Waals surface area contributed by atoms with Gasteiger partial charge in [0.05, 0.1) is 26.2 Å². The van der Waals surface area contributed by atoms with Gasteiger partial charge >= 0.3 is 5.97 Å². The molecule has 18 heteroatoms. The van der Waals surface area contributed by atoms with Gasteiger partial charge in [-0.1, -0.05) is 108 Å². The molecule has 18 nitrogen and oxygen atoms in total. The fraction of sp³-hybridized carbons (Fsp3) is 0.574. The number of fused-ring (bicyclic) bond motifs is 5. The number of carbonyl (C=O) groups excluding carboxylic acids is 7. The molecule has 4 atom stereocenters. The summed E-state index contributed by atoms with van der Waals surface area (Å²) in [6, 6.07) is 5.81. The number of carboxylic acid groups (broad SMARTS) is 1. The molecule has 1 heterocycles. The van der Waals surface area contributed by atoms with E-state index in [0.717, 1.165) is 29.1 Å². The van der Waals surface area contributed by atoms with E-state index >= 15 is 0 Å². The molecule has 65 heavy (non-hydrogen) atoms. The van der Waals surface area contributed by atoms with Gasteiger partial charge in [-0.3, -0.25) is 38.4 Å². The van der Waals surface area contributed by atoms with Crippen molar-refractivity contribution in [2.24, 2.45) is 0 Å². The van der Waals surface area contributed by atoms with Gasteiger partial charge in [0.25, 0.3) is 0 Å². The number of amides is 7. The van der Waals surface area contributed by atoms with Crippen LogP contribution in [-0.2, 0) is 44.8 Å². The molecule has 0 saturated carbocycles. The zero-order valence-electron chi connectivity index (χ0n) is 38.3. The number of aliphatic carboxylic acids is 1. The van der Waals surface area contributed by atoms with Crippen molar-refractivity contribution in [1.82, 2.24) is 36.4 Å². The maximum Gasteiger partial charge on any atom is 0.325 e. The Bertz CT molecular complexity index is 1940. The highest BCUT2D eigenvalue weighted by molar-refractivity contribution is 5.95. The average Bonchev–Trinajstić information content (AvgIpc) is 3.28.